The molecule has 1 N–H and O–H groups in total. The van der Waals surface area contributed by atoms with Crippen LogP contribution in [0.25, 0.3) is 5.82 Å². The van der Waals surface area contributed by atoms with Crippen molar-refractivity contribution in [3.8, 4) is 17.4 Å². The molecule has 0 aliphatic carbocycles. The maximum atomic E-state index is 12.9. The van der Waals surface area contributed by atoms with Crippen molar-refractivity contribution in [2.24, 2.45) is 0 Å². The predicted molar refractivity (Wildman–Crippen MR) is 109 cm³/mol. The molecule has 2 heterocycles. The summed E-state index contributed by atoms with van der Waals surface area (Å²) in [5.41, 5.74) is 2.28. The molecule has 1 amide bonds. The summed E-state index contributed by atoms with van der Waals surface area (Å²) in [6.07, 6.45) is 2.18. The lowest BCUT2D eigenvalue weighted by Gasteiger charge is -2.15. The maximum absolute atomic E-state index is 12.9. The van der Waals surface area contributed by atoms with E-state index in [0.717, 1.165) is 17.0 Å². The molecule has 152 valence electrons. The van der Waals surface area contributed by atoms with Gasteiger partial charge in [0.2, 0.25) is 5.88 Å². The summed E-state index contributed by atoms with van der Waals surface area (Å²) in [7, 11) is 1.53. The fraction of sp³-hybridized carbons (Fsp3) is 0.333. The fourth-order valence-corrected chi connectivity index (χ4v) is 3.01. The predicted octanol–water partition coefficient (Wildman–Crippen LogP) is 3.12. The van der Waals surface area contributed by atoms with E-state index >= 15 is 0 Å². The van der Waals surface area contributed by atoms with E-state index in [1.54, 1.807) is 23.0 Å². The number of aromatic nitrogens is 4. The zero-order valence-corrected chi connectivity index (χ0v) is 17.0. The number of ether oxygens (including phenoxy) is 2. The smallest absolute Gasteiger partial charge is 0.255 e. The molecule has 0 radical (unpaired) electrons. The third-order valence-corrected chi connectivity index (χ3v) is 4.54. The van der Waals surface area contributed by atoms with Gasteiger partial charge in [-0.1, -0.05) is 19.1 Å². The van der Waals surface area contributed by atoms with E-state index in [-0.39, 0.29) is 11.9 Å². The fourth-order valence-electron chi connectivity index (χ4n) is 3.01. The molecule has 3 aromatic rings. The Balaban J connectivity index is 1.77. The lowest BCUT2D eigenvalue weighted by atomic mass is 10.1. The van der Waals surface area contributed by atoms with Crippen LogP contribution in [0.1, 0.15) is 48.4 Å². The largest absolute Gasteiger partial charge is 0.494 e. The summed E-state index contributed by atoms with van der Waals surface area (Å²) >= 11 is 0. The normalized spacial score (nSPS) is 11.7. The number of nitrogens with zero attached hydrogens (tertiary/aromatic N) is 4. The molecule has 0 saturated heterocycles. The van der Waals surface area contributed by atoms with Crippen LogP contribution in [0, 0.1) is 0 Å². The van der Waals surface area contributed by atoms with Crippen LogP contribution in [0.3, 0.4) is 0 Å². The molecule has 0 bridgehead atoms. The van der Waals surface area contributed by atoms with Crippen LogP contribution in [0.15, 0.2) is 42.6 Å². The number of amides is 1. The molecule has 1 unspecified atom stereocenters. The number of carbonyl (C=O) groups is 1. The second-order valence-electron chi connectivity index (χ2n) is 6.40. The van der Waals surface area contributed by atoms with Gasteiger partial charge in [-0.25, -0.2) is 4.68 Å². The van der Waals surface area contributed by atoms with Crippen LogP contribution >= 0.6 is 0 Å². The molecule has 0 spiro atoms. The van der Waals surface area contributed by atoms with Gasteiger partial charge in [-0.15, -0.1) is 10.2 Å². The van der Waals surface area contributed by atoms with Gasteiger partial charge in [0.15, 0.2) is 5.82 Å². The van der Waals surface area contributed by atoms with Gasteiger partial charge >= 0.3 is 0 Å². The average molecular weight is 395 g/mol. The van der Waals surface area contributed by atoms with Crippen molar-refractivity contribution >= 4 is 5.91 Å². The van der Waals surface area contributed by atoms with Crippen LogP contribution in [-0.2, 0) is 6.42 Å². The molecule has 1 aromatic carbocycles. The number of methoxy groups -OCH3 is 1. The molecule has 3 rings (SSSR count). The van der Waals surface area contributed by atoms with Crippen LogP contribution in [0.5, 0.6) is 11.6 Å². The molecule has 29 heavy (non-hydrogen) atoms. The number of hydrogen-bond donors (Lipinski definition) is 1. The Morgan fingerprint density at radius 2 is 1.90 bits per heavy atom. The topological polar surface area (TPSA) is 91.2 Å². The van der Waals surface area contributed by atoms with E-state index < -0.39 is 0 Å². The van der Waals surface area contributed by atoms with Gasteiger partial charge in [-0.3, -0.25) is 4.79 Å². The molecule has 8 nitrogen and oxygen atoms in total. The third kappa shape index (κ3) is 4.53. The van der Waals surface area contributed by atoms with Gasteiger partial charge in [0, 0.05) is 6.07 Å². The van der Waals surface area contributed by atoms with Crippen LogP contribution in [0.4, 0.5) is 0 Å². The minimum absolute atomic E-state index is 0.160. The van der Waals surface area contributed by atoms with E-state index in [2.05, 4.69) is 20.6 Å². The minimum Gasteiger partial charge on any atom is -0.494 e. The molecule has 0 aliphatic heterocycles. The highest BCUT2D eigenvalue weighted by molar-refractivity contribution is 5.95. The maximum Gasteiger partial charge on any atom is 0.255 e. The van der Waals surface area contributed by atoms with Crippen LogP contribution in [0.2, 0.25) is 0 Å². The van der Waals surface area contributed by atoms with Crippen molar-refractivity contribution < 1.29 is 14.3 Å². The Bertz CT molecular complexity index is 951. The van der Waals surface area contributed by atoms with Crippen LogP contribution in [-0.4, -0.2) is 39.6 Å². The summed E-state index contributed by atoms with van der Waals surface area (Å²) in [6, 6.07) is 11.0. The molecule has 0 aliphatic rings. The van der Waals surface area contributed by atoms with Crippen molar-refractivity contribution in [1.82, 2.24) is 25.3 Å². The van der Waals surface area contributed by atoms with Gasteiger partial charge in [-0.05, 0) is 44.0 Å². The van der Waals surface area contributed by atoms with E-state index in [1.807, 2.05) is 45.0 Å². The Kier molecular flexibility index (Phi) is 6.43. The van der Waals surface area contributed by atoms with Crippen LogP contribution < -0.4 is 14.8 Å². The van der Waals surface area contributed by atoms with Gasteiger partial charge in [0.05, 0.1) is 37.2 Å². The Morgan fingerprint density at radius 3 is 2.48 bits per heavy atom. The van der Waals surface area contributed by atoms with E-state index in [9.17, 15) is 4.79 Å². The number of rotatable bonds is 8. The molecule has 0 fully saturated rings. The van der Waals surface area contributed by atoms with Gasteiger partial charge in [-0.2, -0.15) is 5.10 Å². The summed E-state index contributed by atoms with van der Waals surface area (Å²) in [5, 5.41) is 15.5. The standard InChI is InChI=1S/C21H25N5O3/c1-5-18-17(13-22-26(18)19-11-12-20(28-4)25-24-19)21(27)23-14(3)15-7-9-16(10-8-15)29-6-2/h7-14H,5-6H2,1-4H3,(H,23,27). The molecule has 0 saturated carbocycles. The molecule has 1 atom stereocenters. The monoisotopic (exact) mass is 395 g/mol. The van der Waals surface area contributed by atoms with E-state index in [4.69, 9.17) is 9.47 Å². The van der Waals surface area contributed by atoms with Gasteiger partial charge < -0.3 is 14.8 Å². The highest BCUT2D eigenvalue weighted by Gasteiger charge is 2.20. The second-order valence-corrected chi connectivity index (χ2v) is 6.40. The van der Waals surface area contributed by atoms with Crippen molar-refractivity contribution in [2.45, 2.75) is 33.2 Å². The molecule has 2 aromatic heterocycles. The summed E-state index contributed by atoms with van der Waals surface area (Å²) in [5.74, 6) is 1.57. The molecular formula is C21H25N5O3. The number of carbonyl (C=O) groups excluding carboxylic acids is 1. The zero-order chi connectivity index (χ0) is 20.8. The zero-order valence-electron chi connectivity index (χ0n) is 17.0. The second kappa shape index (κ2) is 9.18. The van der Waals surface area contributed by atoms with Gasteiger partial charge in [0.1, 0.15) is 5.75 Å². The summed E-state index contributed by atoms with van der Waals surface area (Å²) in [6.45, 7) is 6.48. The first-order valence-electron chi connectivity index (χ1n) is 9.56. The molecule has 8 heteroatoms. The first-order chi connectivity index (χ1) is 14.1. The summed E-state index contributed by atoms with van der Waals surface area (Å²) in [4.78, 5) is 12.9. The van der Waals surface area contributed by atoms with Crippen molar-refractivity contribution in [1.29, 1.82) is 0 Å². The van der Waals surface area contributed by atoms with Crippen molar-refractivity contribution in [3.05, 3.63) is 59.4 Å². The SMILES string of the molecule is CCOc1ccc(C(C)NC(=O)c2cnn(-c3ccc(OC)nn3)c2CC)cc1. The first kappa shape index (κ1) is 20.3. The quantitative estimate of drug-likeness (QED) is 0.630. The van der Waals surface area contributed by atoms with Crippen molar-refractivity contribution in [2.75, 3.05) is 13.7 Å². The highest BCUT2D eigenvalue weighted by Crippen LogP contribution is 2.20. The van der Waals surface area contributed by atoms with E-state index in [0.29, 0.717) is 30.3 Å². The van der Waals surface area contributed by atoms with Crippen molar-refractivity contribution in [3.63, 3.8) is 0 Å². The lowest BCUT2D eigenvalue weighted by Crippen LogP contribution is -2.27. The summed E-state index contributed by atoms with van der Waals surface area (Å²) < 4.78 is 12.1. The minimum atomic E-state index is -0.184. The lowest BCUT2D eigenvalue weighted by molar-refractivity contribution is 0.0939. The Morgan fingerprint density at radius 1 is 1.14 bits per heavy atom. The number of benzene rings is 1. The number of nitrogens with one attached hydrogen (secondary N) is 1. The Labute approximate surface area is 169 Å². The Hall–Kier alpha value is -3.42. The number of hydrogen-bond acceptors (Lipinski definition) is 6. The van der Waals surface area contributed by atoms with E-state index in [1.165, 1.54) is 7.11 Å². The molecular weight excluding hydrogens is 370 g/mol. The highest BCUT2D eigenvalue weighted by atomic mass is 16.5. The first-order valence-corrected chi connectivity index (χ1v) is 9.56. The third-order valence-electron chi connectivity index (χ3n) is 4.54. The average Bonchev–Trinajstić information content (AvgIpc) is 3.18. The van der Waals surface area contributed by atoms with Gasteiger partial charge in [0.25, 0.3) is 5.91 Å².